The highest BCUT2D eigenvalue weighted by Crippen LogP contribution is 2.34. The quantitative estimate of drug-likeness (QED) is 0.644. The van der Waals surface area contributed by atoms with Gasteiger partial charge in [0.25, 0.3) is 0 Å². The van der Waals surface area contributed by atoms with Crippen molar-refractivity contribution < 1.29 is 9.31 Å². The molecule has 0 N–H and O–H groups in total. The minimum absolute atomic E-state index is 0.308. The maximum absolute atomic E-state index is 13.8. The number of imidazole rings is 1. The molecule has 1 aromatic heterocycles. The predicted molar refractivity (Wildman–Crippen MR) is 85.1 cm³/mol. The van der Waals surface area contributed by atoms with Gasteiger partial charge < -0.3 is 9.47 Å². The largest absolute Gasteiger partial charge is 0.360 e. The Hall–Kier alpha value is -2.44. The Labute approximate surface area is 133 Å². The van der Waals surface area contributed by atoms with E-state index in [1.165, 1.54) is 6.07 Å². The van der Waals surface area contributed by atoms with Crippen LogP contribution in [0.5, 0.6) is 0 Å². The summed E-state index contributed by atoms with van der Waals surface area (Å²) in [6.07, 6.45) is 0.735. The number of benzene rings is 1. The molecule has 0 atom stereocenters. The number of para-hydroxylation sites is 1. The molecule has 2 heterocycles. The highest BCUT2D eigenvalue weighted by molar-refractivity contribution is 5.64. The Balaban J connectivity index is 1.99. The van der Waals surface area contributed by atoms with Crippen molar-refractivity contribution in [3.63, 3.8) is 0 Å². The predicted octanol–water partition coefficient (Wildman–Crippen LogP) is 3.15. The number of anilines is 1. The monoisotopic (exact) mass is 318 g/mol. The van der Waals surface area contributed by atoms with Gasteiger partial charge in [-0.25, -0.2) is 4.98 Å². The van der Waals surface area contributed by atoms with E-state index >= 15 is 0 Å². The summed E-state index contributed by atoms with van der Waals surface area (Å²) in [6.45, 7) is 5.24. The Morgan fingerprint density at radius 3 is 2.78 bits per heavy atom. The molecule has 0 aliphatic carbocycles. The average Bonchev–Trinajstić information content (AvgIpc) is 2.83. The number of halogens is 1. The van der Waals surface area contributed by atoms with Gasteiger partial charge in [0.05, 0.1) is 17.2 Å². The van der Waals surface area contributed by atoms with E-state index in [0.717, 1.165) is 29.7 Å². The fraction of sp³-hybridized carbons (Fsp3) is 0.438. The van der Waals surface area contributed by atoms with Gasteiger partial charge in [-0.1, -0.05) is 19.9 Å². The fourth-order valence-electron chi connectivity index (χ4n) is 3.21. The van der Waals surface area contributed by atoms with E-state index in [0.29, 0.717) is 24.7 Å². The molecule has 122 valence electrons. The van der Waals surface area contributed by atoms with Crippen molar-refractivity contribution in [1.82, 2.24) is 9.55 Å². The summed E-state index contributed by atoms with van der Waals surface area (Å²) >= 11 is 0. The van der Waals surface area contributed by atoms with E-state index < -0.39 is 16.4 Å². The zero-order valence-electron chi connectivity index (χ0n) is 13.4. The second kappa shape index (κ2) is 5.64. The Morgan fingerprint density at radius 1 is 1.39 bits per heavy atom. The first-order valence-electron chi connectivity index (χ1n) is 7.62. The second-order valence-corrected chi connectivity index (χ2v) is 6.11. The molecule has 7 heteroatoms. The van der Waals surface area contributed by atoms with Crippen LogP contribution in [0.3, 0.4) is 0 Å². The van der Waals surface area contributed by atoms with Crippen molar-refractivity contribution >= 4 is 11.4 Å². The fourth-order valence-corrected chi connectivity index (χ4v) is 3.21. The van der Waals surface area contributed by atoms with Gasteiger partial charge in [0.1, 0.15) is 11.5 Å². The van der Waals surface area contributed by atoms with Crippen LogP contribution in [0.1, 0.15) is 37.0 Å². The maximum atomic E-state index is 13.8. The molecule has 0 saturated carbocycles. The van der Waals surface area contributed by atoms with E-state index in [1.807, 2.05) is 11.9 Å². The summed E-state index contributed by atoms with van der Waals surface area (Å²) in [5, 5.41) is 11.2. The Morgan fingerprint density at radius 2 is 2.13 bits per heavy atom. The molecular formula is C16H19FN4O2. The van der Waals surface area contributed by atoms with Crippen LogP contribution in [-0.4, -0.2) is 21.0 Å². The van der Waals surface area contributed by atoms with Crippen molar-refractivity contribution in [2.75, 3.05) is 11.4 Å². The number of rotatable bonds is 3. The molecule has 0 bridgehead atoms. The van der Waals surface area contributed by atoms with Gasteiger partial charge in [0.15, 0.2) is 0 Å². The van der Waals surface area contributed by atoms with Crippen LogP contribution in [0, 0.1) is 15.9 Å². The molecule has 0 fully saturated rings. The number of fused-ring (bicyclic) bond motifs is 1. The third-order valence-electron chi connectivity index (χ3n) is 4.30. The average molecular weight is 318 g/mol. The van der Waals surface area contributed by atoms with Crippen molar-refractivity contribution in [3.8, 4) is 0 Å². The molecule has 1 aliphatic rings. The minimum Gasteiger partial charge on any atom is -0.360 e. The van der Waals surface area contributed by atoms with Gasteiger partial charge in [-0.15, -0.1) is 0 Å². The topological polar surface area (TPSA) is 64.2 Å². The standard InChI is InChI=1S/C16H19FN4O2/c1-10(2)16-18-12-9-20(8-7-13(12)19(16)3)14-6-4-5-11(17)15(14)21(22)23/h4-6,10H,7-9H2,1-3H3. The van der Waals surface area contributed by atoms with Crippen LogP contribution in [0.15, 0.2) is 18.2 Å². The summed E-state index contributed by atoms with van der Waals surface area (Å²) < 4.78 is 15.9. The smallest absolute Gasteiger partial charge is 0.327 e. The van der Waals surface area contributed by atoms with Crippen LogP contribution in [0.2, 0.25) is 0 Å². The van der Waals surface area contributed by atoms with Crippen LogP contribution in [-0.2, 0) is 20.0 Å². The molecule has 2 aromatic rings. The lowest BCUT2D eigenvalue weighted by Crippen LogP contribution is -2.31. The Kier molecular flexibility index (Phi) is 3.79. The SMILES string of the molecule is CC(C)c1nc2c(n1C)CCN(c1cccc(F)c1[N+](=O)[O-])C2. The van der Waals surface area contributed by atoms with Crippen LogP contribution >= 0.6 is 0 Å². The van der Waals surface area contributed by atoms with Crippen molar-refractivity contribution in [2.45, 2.75) is 32.7 Å². The normalized spacial score (nSPS) is 14.2. The third kappa shape index (κ3) is 2.56. The zero-order valence-corrected chi connectivity index (χ0v) is 13.4. The van der Waals surface area contributed by atoms with E-state index in [2.05, 4.69) is 23.4 Å². The van der Waals surface area contributed by atoms with Crippen molar-refractivity contribution in [1.29, 1.82) is 0 Å². The van der Waals surface area contributed by atoms with Crippen molar-refractivity contribution in [2.24, 2.45) is 7.05 Å². The highest BCUT2D eigenvalue weighted by Gasteiger charge is 2.29. The maximum Gasteiger partial charge on any atom is 0.327 e. The molecule has 0 amide bonds. The highest BCUT2D eigenvalue weighted by atomic mass is 19.1. The molecule has 0 saturated heterocycles. The second-order valence-electron chi connectivity index (χ2n) is 6.11. The molecule has 3 rings (SSSR count). The molecule has 0 unspecified atom stereocenters. The van der Waals surface area contributed by atoms with Crippen molar-refractivity contribution in [3.05, 3.63) is 51.3 Å². The molecule has 1 aromatic carbocycles. The minimum atomic E-state index is -0.804. The summed E-state index contributed by atoms with van der Waals surface area (Å²) in [4.78, 5) is 17.1. The van der Waals surface area contributed by atoms with E-state index in [1.54, 1.807) is 6.07 Å². The first kappa shape index (κ1) is 15.5. The van der Waals surface area contributed by atoms with E-state index in [9.17, 15) is 14.5 Å². The lowest BCUT2D eigenvalue weighted by atomic mass is 10.1. The summed E-state index contributed by atoms with van der Waals surface area (Å²) in [7, 11) is 2.00. The van der Waals surface area contributed by atoms with Crippen LogP contribution < -0.4 is 4.90 Å². The van der Waals surface area contributed by atoms with Gasteiger partial charge in [-0.2, -0.15) is 4.39 Å². The summed E-state index contributed by atoms with van der Waals surface area (Å²) in [6, 6.07) is 4.22. The molecule has 6 nitrogen and oxygen atoms in total. The molecule has 0 spiro atoms. The van der Waals surface area contributed by atoms with Gasteiger partial charge in [-0.3, -0.25) is 10.1 Å². The molecule has 23 heavy (non-hydrogen) atoms. The zero-order chi connectivity index (χ0) is 16.7. The first-order chi connectivity index (χ1) is 10.9. The van der Waals surface area contributed by atoms with Gasteiger partial charge in [0, 0.05) is 31.6 Å². The van der Waals surface area contributed by atoms with Crippen LogP contribution in [0.25, 0.3) is 0 Å². The number of nitro groups is 1. The third-order valence-corrected chi connectivity index (χ3v) is 4.30. The number of hydrogen-bond acceptors (Lipinski definition) is 4. The lowest BCUT2D eigenvalue weighted by molar-refractivity contribution is -0.386. The molecular weight excluding hydrogens is 299 g/mol. The number of hydrogen-bond donors (Lipinski definition) is 0. The van der Waals surface area contributed by atoms with Gasteiger partial charge in [0.2, 0.25) is 5.82 Å². The number of nitrogens with zero attached hydrogens (tertiary/aromatic N) is 4. The summed E-state index contributed by atoms with van der Waals surface area (Å²) in [5.41, 5.74) is 1.93. The summed E-state index contributed by atoms with van der Waals surface area (Å²) in [5.74, 6) is 0.510. The molecule has 1 aliphatic heterocycles. The van der Waals surface area contributed by atoms with E-state index in [-0.39, 0.29) is 0 Å². The molecule has 0 radical (unpaired) electrons. The van der Waals surface area contributed by atoms with Gasteiger partial charge in [-0.05, 0) is 12.1 Å². The van der Waals surface area contributed by atoms with Gasteiger partial charge >= 0.3 is 5.69 Å². The lowest BCUT2D eigenvalue weighted by Gasteiger charge is -2.28. The first-order valence-corrected chi connectivity index (χ1v) is 7.62. The Bertz CT molecular complexity index is 770. The number of nitro benzene ring substituents is 1. The number of aromatic nitrogens is 2. The van der Waals surface area contributed by atoms with Crippen LogP contribution in [0.4, 0.5) is 15.8 Å². The van der Waals surface area contributed by atoms with E-state index in [4.69, 9.17) is 0 Å².